The first-order valence-electron chi connectivity index (χ1n) is 14.1. The number of hydrogen-bond donors (Lipinski definition) is 2. The molecule has 1 saturated heterocycles. The number of benzene rings is 2. The molecule has 2 aliphatic rings. The van der Waals surface area contributed by atoms with Gasteiger partial charge >= 0.3 is 5.97 Å². The Morgan fingerprint density at radius 3 is 2.16 bits per heavy atom. The fraction of sp³-hybridized carbons (Fsp3) is 0.548. The van der Waals surface area contributed by atoms with Crippen molar-refractivity contribution in [2.24, 2.45) is 11.8 Å². The van der Waals surface area contributed by atoms with Crippen molar-refractivity contribution >= 4 is 11.9 Å². The van der Waals surface area contributed by atoms with Crippen LogP contribution in [-0.2, 0) is 11.3 Å². The van der Waals surface area contributed by atoms with Crippen molar-refractivity contribution in [1.82, 2.24) is 10.2 Å². The van der Waals surface area contributed by atoms with Gasteiger partial charge in [-0.1, -0.05) is 51.2 Å². The molecular weight excluding hydrogens is 464 g/mol. The van der Waals surface area contributed by atoms with E-state index in [0.717, 1.165) is 57.5 Å². The van der Waals surface area contributed by atoms with E-state index < -0.39 is 5.97 Å². The molecule has 2 fully saturated rings. The maximum Gasteiger partial charge on any atom is 0.335 e. The highest BCUT2D eigenvalue weighted by atomic mass is 16.5. The third-order valence-electron chi connectivity index (χ3n) is 8.02. The molecule has 200 valence electrons. The van der Waals surface area contributed by atoms with Crippen molar-refractivity contribution in [3.8, 4) is 11.5 Å². The van der Waals surface area contributed by atoms with Crippen LogP contribution >= 0.6 is 0 Å². The van der Waals surface area contributed by atoms with E-state index >= 15 is 0 Å². The van der Waals surface area contributed by atoms with E-state index in [4.69, 9.17) is 9.84 Å². The number of piperidine rings is 1. The monoisotopic (exact) mass is 506 g/mol. The molecule has 1 aliphatic carbocycles. The fourth-order valence-electron chi connectivity index (χ4n) is 5.81. The predicted octanol–water partition coefficient (Wildman–Crippen LogP) is 6.64. The Kier molecular flexibility index (Phi) is 10.0. The molecule has 0 bridgehead atoms. The standard InChI is InChI=1S/C31H42N2O4/c1-2-3-9-29(24-7-5-4-6-8-24)30(34)32-26-18-20-33(21-19-26)22-23-10-14-27(15-11-23)37-28-16-12-25(13-17-28)31(35)36/h10-17,24,26,29H,2-9,18-22H2,1H3,(H,32,34)(H,35,36). The number of aromatic carboxylic acids is 1. The molecule has 1 heterocycles. The molecule has 37 heavy (non-hydrogen) atoms. The second-order valence-corrected chi connectivity index (χ2v) is 10.8. The topological polar surface area (TPSA) is 78.9 Å². The number of carboxylic acid groups (broad SMARTS) is 1. The fourth-order valence-corrected chi connectivity index (χ4v) is 5.81. The number of carbonyl (C=O) groups is 2. The molecule has 2 N–H and O–H groups in total. The Balaban J connectivity index is 1.22. The second kappa shape index (κ2) is 13.6. The van der Waals surface area contributed by atoms with Crippen LogP contribution in [0.3, 0.4) is 0 Å². The third kappa shape index (κ3) is 8.06. The summed E-state index contributed by atoms with van der Waals surface area (Å²) in [5.41, 5.74) is 1.47. The van der Waals surface area contributed by atoms with Crippen LogP contribution in [0.4, 0.5) is 0 Å². The van der Waals surface area contributed by atoms with Crippen molar-refractivity contribution in [3.63, 3.8) is 0 Å². The van der Waals surface area contributed by atoms with Gasteiger partial charge in [0.05, 0.1) is 5.56 Å². The number of carbonyl (C=O) groups excluding carboxylic acids is 1. The minimum atomic E-state index is -0.946. The van der Waals surface area contributed by atoms with E-state index in [-0.39, 0.29) is 11.5 Å². The average molecular weight is 507 g/mol. The summed E-state index contributed by atoms with van der Waals surface area (Å²) >= 11 is 0. The SMILES string of the molecule is CCCCC(C(=O)NC1CCN(Cc2ccc(Oc3ccc(C(=O)O)cc3)cc2)CC1)C1CCCCC1. The van der Waals surface area contributed by atoms with E-state index in [0.29, 0.717) is 23.6 Å². The number of nitrogens with one attached hydrogen (secondary N) is 1. The van der Waals surface area contributed by atoms with E-state index in [1.165, 1.54) is 37.7 Å². The summed E-state index contributed by atoms with van der Waals surface area (Å²) in [6.07, 6.45) is 11.7. The lowest BCUT2D eigenvalue weighted by molar-refractivity contribution is -0.128. The van der Waals surface area contributed by atoms with Gasteiger partial charge in [-0.25, -0.2) is 4.79 Å². The summed E-state index contributed by atoms with van der Waals surface area (Å²) in [6.45, 7) is 5.08. The molecule has 4 rings (SSSR count). The molecule has 1 atom stereocenters. The second-order valence-electron chi connectivity index (χ2n) is 10.8. The minimum Gasteiger partial charge on any atom is -0.478 e. The van der Waals surface area contributed by atoms with Gasteiger partial charge in [0, 0.05) is 31.6 Å². The molecule has 1 unspecified atom stereocenters. The molecule has 0 spiro atoms. The lowest BCUT2D eigenvalue weighted by Gasteiger charge is -2.35. The summed E-state index contributed by atoms with van der Waals surface area (Å²) in [7, 11) is 0. The third-order valence-corrected chi connectivity index (χ3v) is 8.02. The normalized spacial score (nSPS) is 18.3. The molecule has 0 radical (unpaired) electrons. The first-order valence-corrected chi connectivity index (χ1v) is 14.1. The Bertz CT molecular complexity index is 991. The van der Waals surface area contributed by atoms with Crippen molar-refractivity contribution in [2.45, 2.75) is 83.7 Å². The average Bonchev–Trinajstić information content (AvgIpc) is 2.92. The summed E-state index contributed by atoms with van der Waals surface area (Å²) < 4.78 is 5.85. The van der Waals surface area contributed by atoms with Gasteiger partial charge in [0.2, 0.25) is 5.91 Å². The first-order chi connectivity index (χ1) is 18.0. The zero-order valence-corrected chi connectivity index (χ0v) is 22.2. The molecule has 2 aromatic rings. The van der Waals surface area contributed by atoms with Crippen LogP contribution in [0.5, 0.6) is 11.5 Å². The molecule has 6 nitrogen and oxygen atoms in total. The maximum absolute atomic E-state index is 13.2. The number of nitrogens with zero attached hydrogens (tertiary/aromatic N) is 1. The Labute approximate surface area is 221 Å². The zero-order chi connectivity index (χ0) is 26.0. The number of unbranched alkanes of at least 4 members (excludes halogenated alkanes) is 1. The summed E-state index contributed by atoms with van der Waals surface area (Å²) in [5, 5.41) is 12.5. The highest BCUT2D eigenvalue weighted by Gasteiger charge is 2.31. The van der Waals surface area contributed by atoms with Gasteiger partial charge in [-0.3, -0.25) is 9.69 Å². The lowest BCUT2D eigenvalue weighted by atomic mass is 9.77. The number of ether oxygens (including phenoxy) is 1. The molecule has 1 aliphatic heterocycles. The van der Waals surface area contributed by atoms with Gasteiger partial charge in [0.15, 0.2) is 0 Å². The lowest BCUT2D eigenvalue weighted by Crippen LogP contribution is -2.47. The molecule has 6 heteroatoms. The van der Waals surface area contributed by atoms with Crippen molar-refractivity contribution < 1.29 is 19.4 Å². The number of likely N-dealkylation sites (tertiary alicyclic amines) is 1. The first kappa shape index (κ1) is 27.2. The molecule has 1 saturated carbocycles. The predicted molar refractivity (Wildman–Crippen MR) is 146 cm³/mol. The van der Waals surface area contributed by atoms with Crippen LogP contribution in [0.2, 0.25) is 0 Å². The summed E-state index contributed by atoms with van der Waals surface area (Å²) in [6, 6.07) is 14.8. The van der Waals surface area contributed by atoms with Gasteiger partial charge in [0.1, 0.15) is 11.5 Å². The van der Waals surface area contributed by atoms with E-state index in [9.17, 15) is 9.59 Å². The van der Waals surface area contributed by atoms with Crippen LogP contribution in [-0.4, -0.2) is 41.0 Å². The molecular formula is C31H42N2O4. The highest BCUT2D eigenvalue weighted by Crippen LogP contribution is 2.33. The van der Waals surface area contributed by atoms with Crippen molar-refractivity contribution in [3.05, 3.63) is 59.7 Å². The van der Waals surface area contributed by atoms with Crippen LogP contribution in [0.15, 0.2) is 48.5 Å². The number of rotatable bonds is 11. The van der Waals surface area contributed by atoms with Crippen LogP contribution in [0.25, 0.3) is 0 Å². The Morgan fingerprint density at radius 1 is 0.946 bits per heavy atom. The number of carboxylic acids is 1. The largest absolute Gasteiger partial charge is 0.478 e. The zero-order valence-electron chi connectivity index (χ0n) is 22.2. The number of amides is 1. The van der Waals surface area contributed by atoms with Crippen molar-refractivity contribution in [2.75, 3.05) is 13.1 Å². The molecule has 2 aromatic carbocycles. The van der Waals surface area contributed by atoms with E-state index in [1.807, 2.05) is 12.1 Å². The van der Waals surface area contributed by atoms with Gasteiger partial charge in [-0.2, -0.15) is 0 Å². The quantitative estimate of drug-likeness (QED) is 0.357. The van der Waals surface area contributed by atoms with Crippen LogP contribution in [0, 0.1) is 11.8 Å². The van der Waals surface area contributed by atoms with Crippen molar-refractivity contribution in [1.29, 1.82) is 0 Å². The molecule has 0 aromatic heterocycles. The van der Waals surface area contributed by atoms with Crippen LogP contribution in [0.1, 0.15) is 87.1 Å². The maximum atomic E-state index is 13.2. The van der Waals surface area contributed by atoms with E-state index in [2.05, 4.69) is 29.3 Å². The Hall–Kier alpha value is -2.86. The minimum absolute atomic E-state index is 0.203. The van der Waals surface area contributed by atoms with Gasteiger partial charge in [0.25, 0.3) is 0 Å². The summed E-state index contributed by atoms with van der Waals surface area (Å²) in [4.78, 5) is 26.7. The summed E-state index contributed by atoms with van der Waals surface area (Å²) in [5.74, 6) is 1.49. The molecule has 1 amide bonds. The number of hydrogen-bond acceptors (Lipinski definition) is 4. The smallest absolute Gasteiger partial charge is 0.335 e. The van der Waals surface area contributed by atoms with Gasteiger partial charge in [-0.15, -0.1) is 0 Å². The van der Waals surface area contributed by atoms with Gasteiger partial charge in [-0.05, 0) is 80.0 Å². The van der Waals surface area contributed by atoms with Crippen LogP contribution < -0.4 is 10.1 Å². The van der Waals surface area contributed by atoms with Gasteiger partial charge < -0.3 is 15.2 Å². The van der Waals surface area contributed by atoms with E-state index in [1.54, 1.807) is 24.3 Å². The Morgan fingerprint density at radius 2 is 1.57 bits per heavy atom. The highest BCUT2D eigenvalue weighted by molar-refractivity contribution is 5.87.